The molecule has 3 aromatic rings. The van der Waals surface area contributed by atoms with Crippen molar-refractivity contribution in [3.8, 4) is 5.75 Å². The van der Waals surface area contributed by atoms with Gasteiger partial charge < -0.3 is 4.74 Å². The van der Waals surface area contributed by atoms with Gasteiger partial charge in [0, 0.05) is 30.3 Å². The topological polar surface area (TPSA) is 50.7 Å². The zero-order valence-electron chi connectivity index (χ0n) is 14.5. The van der Waals surface area contributed by atoms with E-state index >= 15 is 0 Å². The predicted molar refractivity (Wildman–Crippen MR) is 121 cm³/mol. The van der Waals surface area contributed by atoms with Gasteiger partial charge >= 0.3 is 0 Å². The number of halogens is 3. The minimum Gasteiger partial charge on any atom is -0.488 e. The summed E-state index contributed by atoms with van der Waals surface area (Å²) < 4.78 is 6.92. The van der Waals surface area contributed by atoms with Crippen molar-refractivity contribution in [2.45, 2.75) is 6.61 Å². The molecule has 1 N–H and O–H groups in total. The van der Waals surface area contributed by atoms with Crippen molar-refractivity contribution in [1.82, 2.24) is 5.43 Å². The van der Waals surface area contributed by atoms with Gasteiger partial charge in [0.1, 0.15) is 12.4 Å². The summed E-state index contributed by atoms with van der Waals surface area (Å²) in [5, 5.41) is 5.20. The number of amides is 1. The molecule has 0 fully saturated rings. The van der Waals surface area contributed by atoms with Gasteiger partial charge in [0.15, 0.2) is 0 Å². The fraction of sp³-hybridized carbons (Fsp3) is 0.0476. The molecule has 3 aromatic carbocycles. The van der Waals surface area contributed by atoms with Crippen LogP contribution in [0.1, 0.15) is 21.5 Å². The van der Waals surface area contributed by atoms with E-state index in [1.54, 1.807) is 30.3 Å². The third kappa shape index (κ3) is 5.70. The molecule has 0 unspecified atom stereocenters. The maximum Gasteiger partial charge on any atom is 0.271 e. The number of ether oxygens (including phenoxy) is 1. The number of carbonyl (C=O) groups excluding carboxylic acids is 1. The maximum absolute atomic E-state index is 12.1. The lowest BCUT2D eigenvalue weighted by atomic mass is 10.2. The summed E-state index contributed by atoms with van der Waals surface area (Å²) in [6.07, 6.45) is 1.50. The summed E-state index contributed by atoms with van der Waals surface area (Å²) in [6.45, 7) is 0.303. The summed E-state index contributed by atoms with van der Waals surface area (Å²) in [6, 6.07) is 19.9. The largest absolute Gasteiger partial charge is 0.488 e. The minimum absolute atomic E-state index is 0.298. The second kappa shape index (κ2) is 9.91. The van der Waals surface area contributed by atoms with Crippen molar-refractivity contribution in [2.24, 2.45) is 5.10 Å². The minimum atomic E-state index is -0.298. The smallest absolute Gasteiger partial charge is 0.271 e. The highest BCUT2D eigenvalue weighted by Gasteiger charge is 2.07. The standard InChI is InChI=1S/C21H15Cl2IN2O2/c22-17-7-10-20(28-13-15-3-1-2-4-19(15)23)16(11-17)12-25-26-21(27)14-5-8-18(24)9-6-14/h1-12H,13H2,(H,26,27)/b25-12-. The average molecular weight is 525 g/mol. The lowest BCUT2D eigenvalue weighted by Crippen LogP contribution is -2.17. The third-order valence-corrected chi connectivity index (χ3v) is 5.11. The second-order valence-corrected chi connectivity index (χ2v) is 7.86. The van der Waals surface area contributed by atoms with Crippen LogP contribution in [0, 0.1) is 3.57 Å². The van der Waals surface area contributed by atoms with E-state index < -0.39 is 0 Å². The quantitative estimate of drug-likeness (QED) is 0.246. The number of nitrogens with one attached hydrogen (secondary N) is 1. The molecular weight excluding hydrogens is 510 g/mol. The third-order valence-electron chi connectivity index (χ3n) is 3.79. The first kappa shape index (κ1) is 20.6. The van der Waals surface area contributed by atoms with E-state index in [1.165, 1.54) is 6.21 Å². The number of nitrogens with zero attached hydrogens (tertiary/aromatic N) is 1. The van der Waals surface area contributed by atoms with E-state index in [2.05, 4.69) is 33.1 Å². The maximum atomic E-state index is 12.1. The Balaban J connectivity index is 1.69. The Morgan fingerprint density at radius 2 is 1.82 bits per heavy atom. The molecule has 4 nitrogen and oxygen atoms in total. The van der Waals surface area contributed by atoms with Crippen LogP contribution in [0.25, 0.3) is 0 Å². The highest BCUT2D eigenvalue weighted by molar-refractivity contribution is 14.1. The second-order valence-electron chi connectivity index (χ2n) is 5.77. The molecule has 0 aliphatic rings. The van der Waals surface area contributed by atoms with Gasteiger partial charge in [-0.05, 0) is 71.1 Å². The number of hydrogen-bond acceptors (Lipinski definition) is 3. The molecule has 0 bridgehead atoms. The molecule has 28 heavy (non-hydrogen) atoms. The molecule has 3 rings (SSSR count). The monoisotopic (exact) mass is 524 g/mol. The van der Waals surface area contributed by atoms with Gasteiger partial charge in [-0.25, -0.2) is 5.43 Å². The summed E-state index contributed by atoms with van der Waals surface area (Å²) in [4.78, 5) is 12.1. The van der Waals surface area contributed by atoms with Crippen LogP contribution in [-0.4, -0.2) is 12.1 Å². The van der Waals surface area contributed by atoms with Gasteiger partial charge in [0.2, 0.25) is 0 Å². The first-order chi connectivity index (χ1) is 13.5. The van der Waals surface area contributed by atoms with E-state index in [0.29, 0.717) is 33.5 Å². The van der Waals surface area contributed by atoms with Crippen LogP contribution < -0.4 is 10.2 Å². The first-order valence-corrected chi connectivity index (χ1v) is 10.1. The molecule has 0 atom stereocenters. The molecule has 0 aliphatic heterocycles. The van der Waals surface area contributed by atoms with E-state index in [-0.39, 0.29) is 5.91 Å². The molecule has 0 aromatic heterocycles. The molecule has 142 valence electrons. The van der Waals surface area contributed by atoms with Crippen molar-refractivity contribution >= 4 is 57.9 Å². The van der Waals surface area contributed by atoms with Crippen molar-refractivity contribution in [2.75, 3.05) is 0 Å². The number of hydrogen-bond donors (Lipinski definition) is 1. The van der Waals surface area contributed by atoms with Gasteiger partial charge in [-0.3, -0.25) is 4.79 Å². The van der Waals surface area contributed by atoms with Gasteiger partial charge in [0.05, 0.1) is 6.21 Å². The SMILES string of the molecule is O=C(N/N=C\c1cc(Cl)ccc1OCc1ccccc1Cl)c1ccc(I)cc1. The Labute approximate surface area is 186 Å². The fourth-order valence-corrected chi connectivity index (χ4v) is 3.08. The van der Waals surface area contributed by atoms with Crippen molar-refractivity contribution < 1.29 is 9.53 Å². The summed E-state index contributed by atoms with van der Waals surface area (Å²) >= 11 is 14.4. The van der Waals surface area contributed by atoms with Gasteiger partial charge in [0.25, 0.3) is 5.91 Å². The van der Waals surface area contributed by atoms with E-state index in [0.717, 1.165) is 9.13 Å². The molecule has 0 spiro atoms. The number of carbonyl (C=O) groups is 1. The Bertz CT molecular complexity index is 1010. The highest BCUT2D eigenvalue weighted by Crippen LogP contribution is 2.24. The molecule has 7 heteroatoms. The number of rotatable bonds is 6. The molecular formula is C21H15Cl2IN2O2. The van der Waals surface area contributed by atoms with Crippen molar-refractivity contribution in [1.29, 1.82) is 0 Å². The predicted octanol–water partition coefficient (Wildman–Crippen LogP) is 5.94. The zero-order valence-corrected chi connectivity index (χ0v) is 18.2. The van der Waals surface area contributed by atoms with Crippen LogP contribution in [0.2, 0.25) is 10.0 Å². The highest BCUT2D eigenvalue weighted by atomic mass is 127. The summed E-state index contributed by atoms with van der Waals surface area (Å²) in [5.41, 5.74) is 4.54. The summed E-state index contributed by atoms with van der Waals surface area (Å²) in [5.74, 6) is 0.282. The zero-order chi connectivity index (χ0) is 19.9. The Morgan fingerprint density at radius 1 is 1.07 bits per heavy atom. The van der Waals surface area contributed by atoms with Crippen LogP contribution >= 0.6 is 45.8 Å². The van der Waals surface area contributed by atoms with Crippen LogP contribution in [0.15, 0.2) is 71.8 Å². The van der Waals surface area contributed by atoms with Crippen LogP contribution in [0.5, 0.6) is 5.75 Å². The molecule has 0 heterocycles. The normalized spacial score (nSPS) is 10.8. The van der Waals surface area contributed by atoms with Gasteiger partial charge in [-0.2, -0.15) is 5.10 Å². The van der Waals surface area contributed by atoms with Crippen LogP contribution in [0.3, 0.4) is 0 Å². The Morgan fingerprint density at radius 3 is 2.57 bits per heavy atom. The fourth-order valence-electron chi connectivity index (χ4n) is 2.35. The molecule has 0 aliphatic carbocycles. The molecule has 0 saturated carbocycles. The molecule has 0 radical (unpaired) electrons. The van der Waals surface area contributed by atoms with E-state index in [9.17, 15) is 4.79 Å². The number of hydrazone groups is 1. The number of benzene rings is 3. The lowest BCUT2D eigenvalue weighted by molar-refractivity contribution is 0.0955. The van der Waals surface area contributed by atoms with Crippen LogP contribution in [-0.2, 0) is 6.61 Å². The van der Waals surface area contributed by atoms with E-state index in [4.69, 9.17) is 27.9 Å². The lowest BCUT2D eigenvalue weighted by Gasteiger charge is -2.10. The van der Waals surface area contributed by atoms with Gasteiger partial charge in [-0.1, -0.05) is 41.4 Å². The Kier molecular flexibility index (Phi) is 7.30. The van der Waals surface area contributed by atoms with Crippen molar-refractivity contribution in [3.63, 3.8) is 0 Å². The van der Waals surface area contributed by atoms with E-state index in [1.807, 2.05) is 36.4 Å². The van der Waals surface area contributed by atoms with Crippen molar-refractivity contribution in [3.05, 3.63) is 97.0 Å². The molecule has 1 amide bonds. The summed E-state index contributed by atoms with van der Waals surface area (Å²) in [7, 11) is 0. The first-order valence-electron chi connectivity index (χ1n) is 8.27. The van der Waals surface area contributed by atoms with Crippen LogP contribution in [0.4, 0.5) is 0 Å². The molecule has 0 saturated heterocycles. The van der Waals surface area contributed by atoms with Gasteiger partial charge in [-0.15, -0.1) is 0 Å². The average Bonchev–Trinajstić information content (AvgIpc) is 2.69. The Hall–Kier alpha value is -2.09.